The molecule has 2 heterocycles. The lowest BCUT2D eigenvalue weighted by atomic mass is 9.83. The second-order valence-electron chi connectivity index (χ2n) is 9.61. The zero-order valence-electron chi connectivity index (χ0n) is 22.1. The van der Waals surface area contributed by atoms with Crippen LogP contribution in [0.1, 0.15) is 41.3 Å². The number of nitrogens with two attached hydrogens (primary N) is 1. The van der Waals surface area contributed by atoms with E-state index in [0.29, 0.717) is 46.3 Å². The molecule has 2 N–H and O–H groups in total. The maximum absolute atomic E-state index is 12.9. The number of carbonyl (C=O) groups is 1. The normalized spacial score (nSPS) is 14.3. The Bertz CT molecular complexity index is 1750. The van der Waals surface area contributed by atoms with E-state index in [2.05, 4.69) is 19.9 Å². The van der Waals surface area contributed by atoms with Gasteiger partial charge in [-0.1, -0.05) is 44.2 Å². The van der Waals surface area contributed by atoms with E-state index in [1.807, 2.05) is 6.07 Å². The highest BCUT2D eigenvalue weighted by molar-refractivity contribution is 5.94. The average molecular weight is 539 g/mol. The molecule has 0 radical (unpaired) electrons. The first-order valence-electron chi connectivity index (χ1n) is 12.6. The van der Waals surface area contributed by atoms with E-state index in [9.17, 15) is 14.9 Å². The SMILES string of the molecule is COc1cc(C2C(C#N)=C(N)Oc3cc(OC(=O)c4cc5ccccc5oc4=O)ccc32)ccc1OCC(C)C. The van der Waals surface area contributed by atoms with Crippen LogP contribution in [0.5, 0.6) is 23.0 Å². The van der Waals surface area contributed by atoms with Crippen molar-refractivity contribution in [2.75, 3.05) is 13.7 Å². The Kier molecular flexibility index (Phi) is 7.17. The highest BCUT2D eigenvalue weighted by Gasteiger charge is 2.32. The van der Waals surface area contributed by atoms with Gasteiger partial charge in [0, 0.05) is 17.0 Å². The first-order chi connectivity index (χ1) is 19.3. The molecule has 0 amide bonds. The van der Waals surface area contributed by atoms with E-state index < -0.39 is 17.5 Å². The lowest BCUT2D eigenvalue weighted by Crippen LogP contribution is -2.22. The average Bonchev–Trinajstić information content (AvgIpc) is 2.94. The minimum Gasteiger partial charge on any atom is -0.493 e. The van der Waals surface area contributed by atoms with Crippen LogP contribution in [0.15, 0.2) is 87.4 Å². The van der Waals surface area contributed by atoms with Crippen LogP contribution in [0.2, 0.25) is 0 Å². The largest absolute Gasteiger partial charge is 0.493 e. The van der Waals surface area contributed by atoms with Crippen molar-refractivity contribution in [1.29, 1.82) is 5.26 Å². The van der Waals surface area contributed by atoms with Crippen LogP contribution in [-0.2, 0) is 0 Å². The van der Waals surface area contributed by atoms with Crippen LogP contribution in [0.25, 0.3) is 11.0 Å². The van der Waals surface area contributed by atoms with Crippen molar-refractivity contribution < 1.29 is 28.2 Å². The molecule has 0 saturated carbocycles. The molecule has 0 saturated heterocycles. The smallest absolute Gasteiger partial charge is 0.351 e. The minimum atomic E-state index is -0.880. The monoisotopic (exact) mass is 538 g/mol. The molecule has 3 aromatic carbocycles. The number of hydrogen-bond donors (Lipinski definition) is 1. The van der Waals surface area contributed by atoms with Gasteiger partial charge in [-0.3, -0.25) is 0 Å². The molecular formula is C31H26N2O7. The lowest BCUT2D eigenvalue weighted by Gasteiger charge is -2.27. The van der Waals surface area contributed by atoms with Gasteiger partial charge in [0.15, 0.2) is 11.5 Å². The van der Waals surface area contributed by atoms with Gasteiger partial charge >= 0.3 is 11.6 Å². The lowest BCUT2D eigenvalue weighted by molar-refractivity contribution is 0.0730. The van der Waals surface area contributed by atoms with Crippen molar-refractivity contribution >= 4 is 16.9 Å². The molecular weight excluding hydrogens is 512 g/mol. The van der Waals surface area contributed by atoms with Crippen LogP contribution in [0.4, 0.5) is 0 Å². The molecule has 1 atom stereocenters. The zero-order valence-corrected chi connectivity index (χ0v) is 22.1. The van der Waals surface area contributed by atoms with Gasteiger partial charge in [0.2, 0.25) is 5.88 Å². The topological polar surface area (TPSA) is 134 Å². The van der Waals surface area contributed by atoms with Crippen LogP contribution in [0.3, 0.4) is 0 Å². The van der Waals surface area contributed by atoms with Gasteiger partial charge in [0.1, 0.15) is 34.3 Å². The van der Waals surface area contributed by atoms with E-state index in [4.69, 9.17) is 29.1 Å². The third-order valence-electron chi connectivity index (χ3n) is 6.36. The summed E-state index contributed by atoms with van der Waals surface area (Å²) in [6.45, 7) is 4.62. The standard InChI is InChI=1S/C31H26N2O7/c1-17(2)16-37-25-11-8-19(13-27(25)36-3)28-21-10-9-20(14-26(21)39-29(33)23(28)15-32)38-30(34)22-12-18-6-4-5-7-24(18)40-31(22)35/h4-14,17,28H,16,33H2,1-3H3. The van der Waals surface area contributed by atoms with E-state index in [1.54, 1.807) is 55.6 Å². The summed E-state index contributed by atoms with van der Waals surface area (Å²) < 4.78 is 27.9. The minimum absolute atomic E-state index is 0.0715. The number of fused-ring (bicyclic) bond motifs is 2. The first-order valence-corrected chi connectivity index (χ1v) is 12.6. The van der Waals surface area contributed by atoms with Gasteiger partial charge < -0.3 is 29.1 Å². The van der Waals surface area contributed by atoms with Gasteiger partial charge in [-0.15, -0.1) is 0 Å². The molecule has 4 aromatic rings. The van der Waals surface area contributed by atoms with E-state index >= 15 is 0 Å². The predicted molar refractivity (Wildman–Crippen MR) is 147 cm³/mol. The van der Waals surface area contributed by atoms with E-state index in [-0.39, 0.29) is 22.8 Å². The summed E-state index contributed by atoms with van der Waals surface area (Å²) >= 11 is 0. The Labute approximate surface area is 229 Å². The number of ether oxygens (including phenoxy) is 4. The summed E-state index contributed by atoms with van der Waals surface area (Å²) in [6, 6.07) is 20.6. The molecule has 9 heteroatoms. The fourth-order valence-electron chi connectivity index (χ4n) is 4.45. The Balaban J connectivity index is 1.47. The maximum atomic E-state index is 12.9. The molecule has 1 unspecified atom stereocenters. The third kappa shape index (κ3) is 5.07. The second-order valence-corrected chi connectivity index (χ2v) is 9.61. The number of rotatable bonds is 7. The number of carbonyl (C=O) groups excluding carboxylic acids is 1. The summed E-state index contributed by atoms with van der Waals surface area (Å²) in [5.41, 5.74) is 7.05. The van der Waals surface area contributed by atoms with Crippen molar-refractivity contribution in [1.82, 2.24) is 0 Å². The number of benzene rings is 3. The maximum Gasteiger partial charge on any atom is 0.351 e. The second kappa shape index (κ2) is 10.9. The van der Waals surface area contributed by atoms with Gasteiger partial charge in [-0.2, -0.15) is 5.26 Å². The van der Waals surface area contributed by atoms with Crippen LogP contribution in [0, 0.1) is 17.2 Å². The van der Waals surface area contributed by atoms with Crippen molar-refractivity contribution in [2.24, 2.45) is 11.7 Å². The highest BCUT2D eigenvalue weighted by atomic mass is 16.5. The van der Waals surface area contributed by atoms with Crippen molar-refractivity contribution in [3.8, 4) is 29.1 Å². The highest BCUT2D eigenvalue weighted by Crippen LogP contribution is 2.45. The summed E-state index contributed by atoms with van der Waals surface area (Å²) in [5.74, 6) is 0.338. The number of nitriles is 1. The summed E-state index contributed by atoms with van der Waals surface area (Å²) in [7, 11) is 1.55. The molecule has 40 heavy (non-hydrogen) atoms. The van der Waals surface area contributed by atoms with Crippen LogP contribution >= 0.6 is 0 Å². The number of para-hydroxylation sites is 1. The zero-order chi connectivity index (χ0) is 28.4. The van der Waals surface area contributed by atoms with Gasteiger partial charge in [0.05, 0.1) is 19.6 Å². The first kappa shape index (κ1) is 26.4. The molecule has 0 fully saturated rings. The quantitative estimate of drug-likeness (QED) is 0.190. The van der Waals surface area contributed by atoms with Gasteiger partial charge in [-0.25, -0.2) is 9.59 Å². The summed E-state index contributed by atoms with van der Waals surface area (Å²) in [4.78, 5) is 25.3. The van der Waals surface area contributed by atoms with E-state index in [0.717, 1.165) is 5.56 Å². The Morgan fingerprint density at radius 1 is 1.07 bits per heavy atom. The molecule has 0 spiro atoms. The Hall–Kier alpha value is -5.23. The number of nitrogens with zero attached hydrogens (tertiary/aromatic N) is 1. The van der Waals surface area contributed by atoms with Crippen molar-refractivity contribution in [3.63, 3.8) is 0 Å². The fraction of sp³-hybridized carbons (Fsp3) is 0.194. The molecule has 1 aromatic heterocycles. The van der Waals surface area contributed by atoms with Gasteiger partial charge in [-0.05, 0) is 41.8 Å². The fourth-order valence-corrected chi connectivity index (χ4v) is 4.45. The van der Waals surface area contributed by atoms with Gasteiger partial charge in [0.25, 0.3) is 0 Å². The number of hydrogen-bond acceptors (Lipinski definition) is 9. The Morgan fingerprint density at radius 2 is 1.88 bits per heavy atom. The predicted octanol–water partition coefficient (Wildman–Crippen LogP) is 5.27. The molecule has 1 aliphatic heterocycles. The van der Waals surface area contributed by atoms with Crippen molar-refractivity contribution in [2.45, 2.75) is 19.8 Å². The number of methoxy groups -OCH3 is 1. The van der Waals surface area contributed by atoms with E-state index in [1.165, 1.54) is 12.1 Å². The number of allylic oxidation sites excluding steroid dienone is 1. The summed E-state index contributed by atoms with van der Waals surface area (Å²) in [5, 5.41) is 10.5. The van der Waals surface area contributed by atoms with Crippen LogP contribution < -0.4 is 30.3 Å². The molecule has 9 nitrogen and oxygen atoms in total. The van der Waals surface area contributed by atoms with Crippen LogP contribution in [-0.4, -0.2) is 19.7 Å². The molecule has 1 aliphatic rings. The Morgan fingerprint density at radius 3 is 2.62 bits per heavy atom. The van der Waals surface area contributed by atoms with Crippen molar-refractivity contribution in [3.05, 3.63) is 105 Å². The molecule has 0 aliphatic carbocycles. The number of esters is 1. The molecule has 0 bridgehead atoms. The molecule has 202 valence electrons. The summed E-state index contributed by atoms with van der Waals surface area (Å²) in [6.07, 6.45) is 0. The molecule has 5 rings (SSSR count). The third-order valence-corrected chi connectivity index (χ3v) is 6.36.